The van der Waals surface area contributed by atoms with Gasteiger partial charge in [0.2, 0.25) is 17.9 Å². The smallest absolute Gasteiger partial charge is 0.338 e. The average Bonchev–Trinajstić information content (AvgIpc) is 4.12. The lowest BCUT2D eigenvalue weighted by molar-refractivity contribution is -0.181. The van der Waals surface area contributed by atoms with Gasteiger partial charge in [0.15, 0.2) is 0 Å². The summed E-state index contributed by atoms with van der Waals surface area (Å²) in [6, 6.07) is 28.2. The van der Waals surface area contributed by atoms with E-state index in [9.17, 15) is 33.9 Å². The van der Waals surface area contributed by atoms with Crippen LogP contribution in [0, 0.1) is 17.3 Å². The summed E-state index contributed by atoms with van der Waals surface area (Å²) in [6.07, 6.45) is 9.93. The number of oxime groups is 2. The van der Waals surface area contributed by atoms with Gasteiger partial charge in [0.1, 0.15) is 23.6 Å². The minimum absolute atomic E-state index is 0.110. The van der Waals surface area contributed by atoms with Gasteiger partial charge in [-0.25, -0.2) is 14.4 Å². The van der Waals surface area contributed by atoms with E-state index in [4.69, 9.17) is 23.9 Å². The van der Waals surface area contributed by atoms with Crippen LogP contribution in [0.3, 0.4) is 0 Å². The number of hydrogen-bond donors (Lipinski definition) is 1. The van der Waals surface area contributed by atoms with Gasteiger partial charge in [-0.15, -0.1) is 0 Å². The van der Waals surface area contributed by atoms with Gasteiger partial charge in [0.05, 0.1) is 23.1 Å². The summed E-state index contributed by atoms with van der Waals surface area (Å²) in [4.78, 5) is 91.1. The Hall–Kier alpha value is -6.10. The predicted octanol–water partition coefficient (Wildman–Crippen LogP) is 13.1. The quantitative estimate of drug-likeness (QED) is 0.0113. The fourth-order valence-corrected chi connectivity index (χ4v) is 10.6. The maximum Gasteiger partial charge on any atom is 0.338 e. The zero-order valence-electron chi connectivity index (χ0n) is 43.9. The summed E-state index contributed by atoms with van der Waals surface area (Å²) in [5.74, 6) is -1.70. The number of carbonyl (C=O) groups is 6. The van der Waals surface area contributed by atoms with Crippen molar-refractivity contribution in [1.82, 2.24) is 0 Å². The number of rotatable bonds is 27. The van der Waals surface area contributed by atoms with Crippen molar-refractivity contribution >= 4 is 70.4 Å². The maximum atomic E-state index is 13.4. The van der Waals surface area contributed by atoms with E-state index in [0.717, 1.165) is 45.3 Å². The van der Waals surface area contributed by atoms with Crippen LogP contribution in [0.25, 0.3) is 0 Å². The minimum Gasteiger partial charge on any atom is -0.462 e. The summed E-state index contributed by atoms with van der Waals surface area (Å²) >= 11 is 2.92. The fourth-order valence-electron chi connectivity index (χ4n) is 9.01. The van der Waals surface area contributed by atoms with Crippen molar-refractivity contribution in [2.24, 2.45) is 27.6 Å². The summed E-state index contributed by atoms with van der Waals surface area (Å²) in [5.41, 5.74) is 1.16. The Bertz CT molecular complexity index is 2620. The number of ketones is 2. The highest BCUT2D eigenvalue weighted by atomic mass is 32.2. The average molecular weight is 1060 g/mol. The molecule has 14 nitrogen and oxygen atoms in total. The van der Waals surface area contributed by atoms with Crippen molar-refractivity contribution < 1.29 is 57.8 Å². The Labute approximate surface area is 449 Å². The number of nitrogens with zero attached hydrogens (tertiary/aromatic N) is 2. The van der Waals surface area contributed by atoms with Crippen LogP contribution in [0.4, 0.5) is 0 Å². The van der Waals surface area contributed by atoms with Crippen LogP contribution in [-0.2, 0) is 33.5 Å². The molecule has 4 aromatic rings. The molecule has 2 saturated carbocycles. The van der Waals surface area contributed by atoms with Crippen molar-refractivity contribution in [2.75, 3.05) is 6.61 Å². The van der Waals surface area contributed by atoms with Crippen LogP contribution in [0.1, 0.15) is 173 Å². The fraction of sp³-hybridized carbons (Fsp3) is 0.458. The highest BCUT2D eigenvalue weighted by Crippen LogP contribution is 2.33. The van der Waals surface area contributed by atoms with Crippen molar-refractivity contribution in [2.45, 2.75) is 170 Å². The lowest BCUT2D eigenvalue weighted by atomic mass is 9.87. The first-order chi connectivity index (χ1) is 35.9. The largest absolute Gasteiger partial charge is 0.462 e. The molecular formula is C59H70N2O12S2. The molecule has 0 spiro atoms. The number of hydrogen-bond acceptors (Lipinski definition) is 16. The molecule has 16 heteroatoms. The van der Waals surface area contributed by atoms with Gasteiger partial charge in [-0.2, -0.15) is 0 Å². The molecule has 6 rings (SSSR count). The van der Waals surface area contributed by atoms with Crippen molar-refractivity contribution in [3.05, 3.63) is 119 Å². The molecule has 0 amide bonds. The van der Waals surface area contributed by atoms with E-state index < -0.39 is 41.7 Å². The van der Waals surface area contributed by atoms with E-state index in [1.54, 1.807) is 81.4 Å². The third kappa shape index (κ3) is 18.9. The first-order valence-electron chi connectivity index (χ1n) is 26.0. The normalized spacial score (nSPS) is 15.3. The molecule has 0 aromatic heterocycles. The maximum absolute atomic E-state index is 13.4. The van der Waals surface area contributed by atoms with Gasteiger partial charge >= 0.3 is 23.9 Å². The number of aliphatic hydroxyl groups is 1. The zero-order valence-corrected chi connectivity index (χ0v) is 45.5. The number of esters is 3. The molecule has 2 unspecified atom stereocenters. The molecule has 2 atom stereocenters. The van der Waals surface area contributed by atoms with Gasteiger partial charge in [0, 0.05) is 44.1 Å². The van der Waals surface area contributed by atoms with Crippen LogP contribution >= 0.6 is 23.5 Å². The van der Waals surface area contributed by atoms with E-state index in [1.807, 2.05) is 50.2 Å². The Balaban J connectivity index is 0.889. The topological polar surface area (TPSA) is 194 Å². The van der Waals surface area contributed by atoms with Crippen molar-refractivity contribution in [1.29, 1.82) is 0 Å². The number of carbonyl (C=O) groups excluding carboxylic acids is 6. The Morgan fingerprint density at radius 1 is 0.600 bits per heavy atom. The van der Waals surface area contributed by atoms with Crippen LogP contribution in [0.2, 0.25) is 0 Å². The minimum atomic E-state index is -1.54. The molecule has 0 aliphatic heterocycles. The highest BCUT2D eigenvalue weighted by molar-refractivity contribution is 7.99. The first kappa shape index (κ1) is 58.2. The van der Waals surface area contributed by atoms with Crippen LogP contribution in [0.15, 0.2) is 127 Å². The predicted molar refractivity (Wildman–Crippen MR) is 288 cm³/mol. The number of ether oxygens (including phenoxy) is 3. The standard InChI is InChI=1S/C59H70N2O12S2/c1-38(2)72-60-51(33-15-41-11-7-8-12-41)54(64)43-17-25-48(26-18-43)75-50-31-23-46(24-32-50)57(67)70-39(3)37-59(5,6)58(68)71-53(63)35-36-69-56(66)45-21-29-49(30-22-45)74-47-27-19-44(20-28-47)55(65)52(61-73-40(4)62)34-16-42-13-9-10-14-42/h17-32,38-39,41-42,53,63H,7-16,33-37H2,1-6H3/b60-51+,61-52+. The van der Waals surface area contributed by atoms with Crippen LogP contribution < -0.4 is 0 Å². The number of benzene rings is 4. The van der Waals surface area contributed by atoms with Gasteiger partial charge in [-0.1, -0.05) is 85.2 Å². The van der Waals surface area contributed by atoms with E-state index in [2.05, 4.69) is 10.3 Å². The van der Waals surface area contributed by atoms with Gasteiger partial charge < -0.3 is 29.0 Å². The zero-order chi connectivity index (χ0) is 53.9. The molecular weight excluding hydrogens is 993 g/mol. The lowest BCUT2D eigenvalue weighted by Crippen LogP contribution is -2.34. The molecule has 400 valence electrons. The molecule has 75 heavy (non-hydrogen) atoms. The Morgan fingerprint density at radius 3 is 1.44 bits per heavy atom. The third-order valence-electron chi connectivity index (χ3n) is 13.1. The Morgan fingerprint density at radius 2 is 1.01 bits per heavy atom. The van der Waals surface area contributed by atoms with Crippen LogP contribution in [0.5, 0.6) is 0 Å². The molecule has 0 radical (unpaired) electrons. The molecule has 4 aromatic carbocycles. The summed E-state index contributed by atoms with van der Waals surface area (Å²) in [7, 11) is 0. The Kier molecular flexibility index (Phi) is 22.3. The van der Waals surface area contributed by atoms with E-state index in [-0.39, 0.29) is 48.4 Å². The third-order valence-corrected chi connectivity index (χ3v) is 15.1. The molecule has 0 bridgehead atoms. The second-order valence-electron chi connectivity index (χ2n) is 20.2. The second kappa shape index (κ2) is 28.7. The van der Waals surface area contributed by atoms with Crippen molar-refractivity contribution in [3.63, 3.8) is 0 Å². The van der Waals surface area contributed by atoms with E-state index in [1.165, 1.54) is 69.0 Å². The van der Waals surface area contributed by atoms with E-state index in [0.29, 0.717) is 47.1 Å². The summed E-state index contributed by atoms with van der Waals surface area (Å²) < 4.78 is 16.3. The first-order valence-corrected chi connectivity index (χ1v) is 27.7. The van der Waals surface area contributed by atoms with Crippen molar-refractivity contribution in [3.8, 4) is 0 Å². The number of aliphatic hydroxyl groups excluding tert-OH is 1. The van der Waals surface area contributed by atoms with E-state index >= 15 is 0 Å². The molecule has 2 aliphatic carbocycles. The summed E-state index contributed by atoms with van der Waals surface area (Å²) in [5, 5.41) is 18.6. The molecule has 0 saturated heterocycles. The monoisotopic (exact) mass is 1060 g/mol. The van der Waals surface area contributed by atoms with Crippen LogP contribution in [-0.4, -0.2) is 77.1 Å². The second-order valence-corrected chi connectivity index (χ2v) is 22.5. The molecule has 0 heterocycles. The van der Waals surface area contributed by atoms with Gasteiger partial charge in [0.25, 0.3) is 0 Å². The lowest BCUT2D eigenvalue weighted by Gasteiger charge is -2.27. The summed E-state index contributed by atoms with van der Waals surface area (Å²) in [6.45, 7) is 9.74. The number of Topliss-reactive ketones (excluding diaryl/α,β-unsaturated/α-hetero) is 2. The van der Waals surface area contributed by atoms with Gasteiger partial charge in [-0.05, 0) is 176 Å². The molecule has 2 fully saturated rings. The molecule has 1 N–H and O–H groups in total. The SMILES string of the molecule is CC(=O)O/N=C(\CCC1CCCC1)C(=O)c1ccc(Sc2ccc(C(=O)OCCC(O)OC(=O)C(C)(C)CC(C)OC(=O)c3ccc(Sc4ccc(C(=O)/C(CCC5CCCC5)=N/OC(C)C)cc4)cc3)cc2)cc1. The highest BCUT2D eigenvalue weighted by Gasteiger charge is 2.34. The molecule has 2 aliphatic rings. The van der Waals surface area contributed by atoms with Gasteiger partial charge in [-0.3, -0.25) is 14.4 Å².